The van der Waals surface area contributed by atoms with E-state index in [9.17, 15) is 5.11 Å². The van der Waals surface area contributed by atoms with Crippen LogP contribution in [0.15, 0.2) is 18.2 Å². The standard InChI is InChI=1S/C16H25NO3/c1-11(17-9-15(18)12-4-5-12)13-6-7-16(20-3)14(8-13)10-19-2/h6-8,11-12,15,17-18H,4-5,9-10H2,1-3H3. The van der Waals surface area contributed by atoms with Crippen LogP contribution >= 0.6 is 0 Å². The largest absolute Gasteiger partial charge is 0.496 e. The van der Waals surface area contributed by atoms with Gasteiger partial charge in [-0.2, -0.15) is 0 Å². The normalized spacial score (nSPS) is 17.8. The van der Waals surface area contributed by atoms with Gasteiger partial charge in [0.2, 0.25) is 0 Å². The van der Waals surface area contributed by atoms with Crippen LogP contribution in [0.25, 0.3) is 0 Å². The first-order valence-electron chi connectivity index (χ1n) is 7.23. The average Bonchev–Trinajstić information content (AvgIpc) is 3.29. The summed E-state index contributed by atoms with van der Waals surface area (Å²) in [5.41, 5.74) is 2.23. The molecule has 0 aromatic heterocycles. The summed E-state index contributed by atoms with van der Waals surface area (Å²) < 4.78 is 10.5. The number of nitrogens with one attached hydrogen (secondary N) is 1. The van der Waals surface area contributed by atoms with Crippen molar-refractivity contribution in [2.24, 2.45) is 5.92 Å². The maximum atomic E-state index is 9.90. The van der Waals surface area contributed by atoms with Crippen LogP contribution in [0.1, 0.15) is 36.9 Å². The van der Waals surface area contributed by atoms with E-state index in [0.717, 1.165) is 24.2 Å². The quantitative estimate of drug-likeness (QED) is 0.766. The van der Waals surface area contributed by atoms with Gasteiger partial charge in [-0.15, -0.1) is 0 Å². The number of benzene rings is 1. The van der Waals surface area contributed by atoms with Gasteiger partial charge in [0, 0.05) is 25.3 Å². The predicted octanol–water partition coefficient (Wildman–Crippen LogP) is 2.26. The highest BCUT2D eigenvalue weighted by molar-refractivity contribution is 5.38. The van der Waals surface area contributed by atoms with Crippen LogP contribution in [-0.4, -0.2) is 32.0 Å². The van der Waals surface area contributed by atoms with Gasteiger partial charge >= 0.3 is 0 Å². The molecule has 20 heavy (non-hydrogen) atoms. The number of rotatable bonds is 8. The monoisotopic (exact) mass is 279 g/mol. The third kappa shape index (κ3) is 3.95. The van der Waals surface area contributed by atoms with Crippen LogP contribution in [0.2, 0.25) is 0 Å². The molecule has 0 saturated heterocycles. The molecular weight excluding hydrogens is 254 g/mol. The van der Waals surface area contributed by atoms with E-state index in [2.05, 4.69) is 24.4 Å². The van der Waals surface area contributed by atoms with Gasteiger partial charge in [0.25, 0.3) is 0 Å². The molecule has 0 bridgehead atoms. The summed E-state index contributed by atoms with van der Waals surface area (Å²) >= 11 is 0. The summed E-state index contributed by atoms with van der Waals surface area (Å²) in [6, 6.07) is 6.33. The van der Waals surface area contributed by atoms with Gasteiger partial charge in [-0.25, -0.2) is 0 Å². The zero-order chi connectivity index (χ0) is 14.5. The highest BCUT2D eigenvalue weighted by Crippen LogP contribution is 2.32. The lowest BCUT2D eigenvalue weighted by atomic mass is 10.0. The third-order valence-corrected chi connectivity index (χ3v) is 3.90. The molecule has 2 rings (SSSR count). The summed E-state index contributed by atoms with van der Waals surface area (Å²) in [7, 11) is 3.35. The van der Waals surface area contributed by atoms with Crippen molar-refractivity contribution in [1.29, 1.82) is 0 Å². The topological polar surface area (TPSA) is 50.7 Å². The molecule has 0 aliphatic heterocycles. The van der Waals surface area contributed by atoms with E-state index in [1.165, 1.54) is 5.56 Å². The van der Waals surface area contributed by atoms with Gasteiger partial charge in [0.05, 0.1) is 19.8 Å². The number of ether oxygens (including phenoxy) is 2. The molecular formula is C16H25NO3. The predicted molar refractivity (Wildman–Crippen MR) is 78.9 cm³/mol. The molecule has 1 saturated carbocycles. The first kappa shape index (κ1) is 15.3. The van der Waals surface area contributed by atoms with Crippen LogP contribution < -0.4 is 10.1 Å². The van der Waals surface area contributed by atoms with Gasteiger partial charge in [-0.05, 0) is 43.4 Å². The first-order chi connectivity index (χ1) is 9.65. The van der Waals surface area contributed by atoms with E-state index in [1.54, 1.807) is 14.2 Å². The molecule has 0 radical (unpaired) electrons. The Labute approximate surface area is 121 Å². The van der Waals surface area contributed by atoms with Gasteiger partial charge in [-0.1, -0.05) is 6.07 Å². The second kappa shape index (κ2) is 7.07. The van der Waals surface area contributed by atoms with Crippen molar-refractivity contribution < 1.29 is 14.6 Å². The van der Waals surface area contributed by atoms with Crippen molar-refractivity contribution in [2.75, 3.05) is 20.8 Å². The SMILES string of the molecule is COCc1cc(C(C)NCC(O)C2CC2)ccc1OC. The maximum absolute atomic E-state index is 9.90. The summed E-state index contributed by atoms with van der Waals surface area (Å²) in [6.07, 6.45) is 2.12. The Kier molecular flexibility index (Phi) is 5.40. The molecule has 2 atom stereocenters. The van der Waals surface area contributed by atoms with E-state index in [-0.39, 0.29) is 12.1 Å². The Morgan fingerprint density at radius 2 is 2.10 bits per heavy atom. The fourth-order valence-electron chi connectivity index (χ4n) is 2.40. The van der Waals surface area contributed by atoms with Gasteiger partial charge in [-0.3, -0.25) is 0 Å². The van der Waals surface area contributed by atoms with Crippen molar-refractivity contribution in [3.63, 3.8) is 0 Å². The molecule has 2 unspecified atom stereocenters. The first-order valence-corrected chi connectivity index (χ1v) is 7.23. The highest BCUT2D eigenvalue weighted by atomic mass is 16.5. The van der Waals surface area contributed by atoms with E-state index in [0.29, 0.717) is 19.1 Å². The van der Waals surface area contributed by atoms with Crippen LogP contribution in [0.3, 0.4) is 0 Å². The third-order valence-electron chi connectivity index (χ3n) is 3.90. The van der Waals surface area contributed by atoms with Crippen molar-refractivity contribution in [1.82, 2.24) is 5.32 Å². The lowest BCUT2D eigenvalue weighted by molar-refractivity contribution is 0.145. The number of hydrogen-bond acceptors (Lipinski definition) is 4. The summed E-state index contributed by atoms with van der Waals surface area (Å²) in [5, 5.41) is 13.3. The lowest BCUT2D eigenvalue weighted by Crippen LogP contribution is -2.30. The Bertz CT molecular complexity index is 432. The van der Waals surface area contributed by atoms with E-state index < -0.39 is 0 Å². The lowest BCUT2D eigenvalue weighted by Gasteiger charge is -2.19. The van der Waals surface area contributed by atoms with Gasteiger partial charge in [0.1, 0.15) is 5.75 Å². The molecule has 1 aliphatic rings. The number of methoxy groups -OCH3 is 2. The molecule has 0 amide bonds. The summed E-state index contributed by atoms with van der Waals surface area (Å²) in [4.78, 5) is 0. The summed E-state index contributed by atoms with van der Waals surface area (Å²) in [6.45, 7) is 3.30. The number of aliphatic hydroxyl groups excluding tert-OH is 1. The van der Waals surface area contributed by atoms with E-state index in [1.807, 2.05) is 6.07 Å². The van der Waals surface area contributed by atoms with Gasteiger partial charge < -0.3 is 19.9 Å². The smallest absolute Gasteiger partial charge is 0.124 e. The molecule has 1 fully saturated rings. The molecule has 1 aromatic rings. The van der Waals surface area contributed by atoms with Crippen LogP contribution in [0.5, 0.6) is 5.75 Å². The zero-order valence-corrected chi connectivity index (χ0v) is 12.6. The number of hydrogen-bond donors (Lipinski definition) is 2. The van der Waals surface area contributed by atoms with Crippen molar-refractivity contribution in [3.05, 3.63) is 29.3 Å². The zero-order valence-electron chi connectivity index (χ0n) is 12.6. The minimum atomic E-state index is -0.214. The molecule has 0 spiro atoms. The second-order valence-corrected chi connectivity index (χ2v) is 5.54. The summed E-state index contributed by atoms with van der Waals surface area (Å²) in [5.74, 6) is 1.36. The molecule has 1 aromatic carbocycles. The van der Waals surface area contributed by atoms with E-state index in [4.69, 9.17) is 9.47 Å². The molecule has 4 nitrogen and oxygen atoms in total. The Morgan fingerprint density at radius 1 is 1.35 bits per heavy atom. The highest BCUT2D eigenvalue weighted by Gasteiger charge is 2.29. The number of aliphatic hydroxyl groups is 1. The van der Waals surface area contributed by atoms with Crippen LogP contribution in [0.4, 0.5) is 0 Å². The Balaban J connectivity index is 1.97. The van der Waals surface area contributed by atoms with Gasteiger partial charge in [0.15, 0.2) is 0 Å². The van der Waals surface area contributed by atoms with Crippen molar-refractivity contribution in [2.45, 2.75) is 38.5 Å². The van der Waals surface area contributed by atoms with Crippen LogP contribution in [0, 0.1) is 5.92 Å². The van der Waals surface area contributed by atoms with Crippen molar-refractivity contribution >= 4 is 0 Å². The minimum absolute atomic E-state index is 0.199. The molecule has 2 N–H and O–H groups in total. The Morgan fingerprint density at radius 3 is 2.70 bits per heavy atom. The Hall–Kier alpha value is -1.10. The van der Waals surface area contributed by atoms with E-state index >= 15 is 0 Å². The molecule has 112 valence electrons. The van der Waals surface area contributed by atoms with Crippen molar-refractivity contribution in [3.8, 4) is 5.75 Å². The maximum Gasteiger partial charge on any atom is 0.124 e. The minimum Gasteiger partial charge on any atom is -0.496 e. The molecule has 1 aliphatic carbocycles. The fourth-order valence-corrected chi connectivity index (χ4v) is 2.40. The fraction of sp³-hybridized carbons (Fsp3) is 0.625. The molecule has 4 heteroatoms. The second-order valence-electron chi connectivity index (χ2n) is 5.54. The average molecular weight is 279 g/mol. The molecule has 0 heterocycles. The van der Waals surface area contributed by atoms with Crippen LogP contribution in [-0.2, 0) is 11.3 Å².